The first kappa shape index (κ1) is 6.81. The molecule has 1 nitrogen and oxygen atoms in total. The fourth-order valence-corrected chi connectivity index (χ4v) is 1.21. The molecule has 0 heterocycles. The van der Waals surface area contributed by atoms with Gasteiger partial charge in [-0.1, -0.05) is 19.1 Å². The van der Waals surface area contributed by atoms with E-state index in [9.17, 15) is 5.11 Å². The predicted molar refractivity (Wildman–Crippen MR) is 38.2 cm³/mol. The Labute approximate surface area is 56.4 Å². The largest absolute Gasteiger partial charge is 0.386 e. The molecule has 0 unspecified atom stereocenters. The second-order valence-electron chi connectivity index (χ2n) is 2.75. The molecule has 1 rings (SSSR count). The highest BCUT2D eigenvalue weighted by molar-refractivity contribution is 5.03. The molecule has 52 valence electrons. The van der Waals surface area contributed by atoms with Crippen LogP contribution < -0.4 is 0 Å². The highest BCUT2D eigenvalue weighted by Gasteiger charge is 2.21. The van der Waals surface area contributed by atoms with Crippen LogP contribution in [-0.4, -0.2) is 10.7 Å². The van der Waals surface area contributed by atoms with Gasteiger partial charge in [0.25, 0.3) is 0 Å². The van der Waals surface area contributed by atoms with Gasteiger partial charge in [-0.3, -0.25) is 0 Å². The number of allylic oxidation sites excluding steroid dienone is 1. The van der Waals surface area contributed by atoms with Gasteiger partial charge in [-0.15, -0.1) is 0 Å². The third-order valence-electron chi connectivity index (χ3n) is 2.02. The molecule has 1 heteroatoms. The fourth-order valence-electron chi connectivity index (χ4n) is 1.21. The molecule has 0 saturated carbocycles. The van der Waals surface area contributed by atoms with Gasteiger partial charge in [0.05, 0.1) is 5.60 Å². The first-order valence-electron chi connectivity index (χ1n) is 3.67. The van der Waals surface area contributed by atoms with E-state index in [0.717, 1.165) is 25.7 Å². The average molecular weight is 126 g/mol. The molecule has 0 aliphatic heterocycles. The van der Waals surface area contributed by atoms with E-state index < -0.39 is 5.60 Å². The minimum Gasteiger partial charge on any atom is -0.386 e. The van der Waals surface area contributed by atoms with Crippen LogP contribution in [0, 0.1) is 0 Å². The monoisotopic (exact) mass is 126 g/mol. The Bertz CT molecular complexity index is 118. The van der Waals surface area contributed by atoms with E-state index in [2.05, 4.69) is 6.08 Å². The standard InChI is InChI=1S/C8H14O/c1-2-8(9)6-4-3-5-7-8/h4,6,9H,2-3,5,7H2,1H3/t8-/m1/s1. The molecule has 1 aliphatic carbocycles. The SMILES string of the molecule is CC[C@@]1(O)C=CCCC1. The summed E-state index contributed by atoms with van der Waals surface area (Å²) in [5, 5.41) is 9.59. The molecule has 0 fully saturated rings. The molecular weight excluding hydrogens is 112 g/mol. The summed E-state index contributed by atoms with van der Waals surface area (Å²) in [6.07, 6.45) is 8.09. The number of rotatable bonds is 1. The number of aliphatic hydroxyl groups is 1. The van der Waals surface area contributed by atoms with Gasteiger partial charge in [-0.2, -0.15) is 0 Å². The van der Waals surface area contributed by atoms with E-state index in [4.69, 9.17) is 0 Å². The summed E-state index contributed by atoms with van der Waals surface area (Å²) in [6, 6.07) is 0. The third-order valence-corrected chi connectivity index (χ3v) is 2.02. The Morgan fingerprint density at radius 3 is 2.78 bits per heavy atom. The van der Waals surface area contributed by atoms with Crippen LogP contribution in [0.2, 0.25) is 0 Å². The van der Waals surface area contributed by atoms with Gasteiger partial charge < -0.3 is 5.11 Å². The summed E-state index contributed by atoms with van der Waals surface area (Å²) in [5.41, 5.74) is -0.460. The number of hydrogen-bond donors (Lipinski definition) is 1. The molecule has 0 bridgehead atoms. The second-order valence-corrected chi connectivity index (χ2v) is 2.75. The van der Waals surface area contributed by atoms with Crippen LogP contribution in [0.3, 0.4) is 0 Å². The first-order chi connectivity index (χ1) is 4.27. The molecule has 0 radical (unpaired) electrons. The van der Waals surface area contributed by atoms with Crippen molar-refractivity contribution < 1.29 is 5.11 Å². The van der Waals surface area contributed by atoms with E-state index in [0.29, 0.717) is 0 Å². The van der Waals surface area contributed by atoms with Gasteiger partial charge in [0.15, 0.2) is 0 Å². The van der Waals surface area contributed by atoms with Crippen LogP contribution >= 0.6 is 0 Å². The van der Waals surface area contributed by atoms with Crippen LogP contribution in [0.1, 0.15) is 32.6 Å². The van der Waals surface area contributed by atoms with Crippen molar-refractivity contribution in [3.05, 3.63) is 12.2 Å². The molecule has 0 amide bonds. The second kappa shape index (κ2) is 2.53. The minimum absolute atomic E-state index is 0.460. The van der Waals surface area contributed by atoms with Crippen molar-refractivity contribution in [2.45, 2.75) is 38.2 Å². The Hall–Kier alpha value is -0.300. The average Bonchev–Trinajstić information content (AvgIpc) is 1.90. The van der Waals surface area contributed by atoms with Gasteiger partial charge in [-0.05, 0) is 25.7 Å². The Morgan fingerprint density at radius 2 is 2.44 bits per heavy atom. The predicted octanol–water partition coefficient (Wildman–Crippen LogP) is 1.87. The summed E-state index contributed by atoms with van der Waals surface area (Å²) in [7, 11) is 0. The zero-order valence-corrected chi connectivity index (χ0v) is 5.93. The Kier molecular flexibility index (Phi) is 1.91. The molecule has 0 spiro atoms. The molecule has 1 atom stereocenters. The van der Waals surface area contributed by atoms with Crippen LogP contribution in [0.25, 0.3) is 0 Å². The lowest BCUT2D eigenvalue weighted by Crippen LogP contribution is -2.26. The van der Waals surface area contributed by atoms with Gasteiger partial charge in [0.2, 0.25) is 0 Å². The highest BCUT2D eigenvalue weighted by atomic mass is 16.3. The zero-order valence-electron chi connectivity index (χ0n) is 5.93. The van der Waals surface area contributed by atoms with Gasteiger partial charge in [-0.25, -0.2) is 0 Å². The van der Waals surface area contributed by atoms with Crippen LogP contribution in [0.5, 0.6) is 0 Å². The number of hydrogen-bond acceptors (Lipinski definition) is 1. The Balaban J connectivity index is 2.56. The maximum Gasteiger partial charge on any atom is 0.0825 e. The third kappa shape index (κ3) is 1.55. The molecular formula is C8H14O. The van der Waals surface area contributed by atoms with Crippen molar-refractivity contribution >= 4 is 0 Å². The van der Waals surface area contributed by atoms with E-state index in [-0.39, 0.29) is 0 Å². The summed E-state index contributed by atoms with van der Waals surface area (Å²) < 4.78 is 0. The van der Waals surface area contributed by atoms with Gasteiger partial charge in [0.1, 0.15) is 0 Å². The minimum atomic E-state index is -0.460. The maximum atomic E-state index is 9.59. The highest BCUT2D eigenvalue weighted by Crippen LogP contribution is 2.24. The van der Waals surface area contributed by atoms with E-state index in [1.165, 1.54) is 0 Å². The lowest BCUT2D eigenvalue weighted by Gasteiger charge is -2.25. The topological polar surface area (TPSA) is 20.2 Å². The van der Waals surface area contributed by atoms with Gasteiger partial charge in [0, 0.05) is 0 Å². The fraction of sp³-hybridized carbons (Fsp3) is 0.750. The molecule has 0 aromatic rings. The lowest BCUT2D eigenvalue weighted by molar-refractivity contribution is 0.0708. The van der Waals surface area contributed by atoms with E-state index >= 15 is 0 Å². The molecule has 1 aliphatic rings. The molecule has 9 heavy (non-hydrogen) atoms. The first-order valence-corrected chi connectivity index (χ1v) is 3.67. The van der Waals surface area contributed by atoms with Crippen molar-refractivity contribution in [2.75, 3.05) is 0 Å². The van der Waals surface area contributed by atoms with Crippen molar-refractivity contribution in [2.24, 2.45) is 0 Å². The van der Waals surface area contributed by atoms with Crippen LogP contribution in [0.4, 0.5) is 0 Å². The van der Waals surface area contributed by atoms with Crippen molar-refractivity contribution in [3.63, 3.8) is 0 Å². The van der Waals surface area contributed by atoms with Gasteiger partial charge >= 0.3 is 0 Å². The summed E-state index contributed by atoms with van der Waals surface area (Å²) >= 11 is 0. The molecule has 0 aromatic heterocycles. The summed E-state index contributed by atoms with van der Waals surface area (Å²) in [4.78, 5) is 0. The van der Waals surface area contributed by atoms with E-state index in [1.807, 2.05) is 13.0 Å². The van der Waals surface area contributed by atoms with Crippen molar-refractivity contribution in [1.29, 1.82) is 0 Å². The maximum absolute atomic E-state index is 9.59. The smallest absolute Gasteiger partial charge is 0.0825 e. The zero-order chi connectivity index (χ0) is 6.74. The van der Waals surface area contributed by atoms with Crippen LogP contribution in [-0.2, 0) is 0 Å². The summed E-state index contributed by atoms with van der Waals surface area (Å²) in [6.45, 7) is 2.02. The molecule has 0 saturated heterocycles. The van der Waals surface area contributed by atoms with Crippen LogP contribution in [0.15, 0.2) is 12.2 Å². The normalized spacial score (nSPS) is 34.9. The lowest BCUT2D eigenvalue weighted by atomic mass is 9.89. The molecule has 0 aromatic carbocycles. The van der Waals surface area contributed by atoms with E-state index in [1.54, 1.807) is 0 Å². The molecule has 1 N–H and O–H groups in total. The Morgan fingerprint density at radius 1 is 1.67 bits per heavy atom. The van der Waals surface area contributed by atoms with Crippen molar-refractivity contribution in [1.82, 2.24) is 0 Å². The quantitative estimate of drug-likeness (QED) is 0.532. The summed E-state index contributed by atoms with van der Waals surface area (Å²) in [5.74, 6) is 0. The van der Waals surface area contributed by atoms with Crippen molar-refractivity contribution in [3.8, 4) is 0 Å².